The van der Waals surface area contributed by atoms with Crippen LogP contribution in [0, 0.1) is 0 Å². The van der Waals surface area contributed by atoms with E-state index in [1.807, 2.05) is 12.1 Å². The van der Waals surface area contributed by atoms with Gasteiger partial charge in [0.15, 0.2) is 5.82 Å². The van der Waals surface area contributed by atoms with Gasteiger partial charge in [0, 0.05) is 12.8 Å². The van der Waals surface area contributed by atoms with Crippen molar-refractivity contribution < 1.29 is 5.11 Å². The van der Waals surface area contributed by atoms with Gasteiger partial charge in [0.25, 0.3) is 0 Å². The lowest BCUT2D eigenvalue weighted by atomic mass is 9.78. The lowest BCUT2D eigenvalue weighted by Gasteiger charge is -2.32. The number of rotatable bonds is 2. The third kappa shape index (κ3) is 2.13. The standard InChI is InChI=1S/C13H16N4O/c1-17-15-12(14-16-17)9-13(18)7-6-10-4-2-3-5-11(10)8-13/h2-5,18H,6-9H2,1H3. The van der Waals surface area contributed by atoms with Crippen molar-refractivity contribution >= 4 is 0 Å². The Morgan fingerprint density at radius 2 is 2.11 bits per heavy atom. The Hall–Kier alpha value is -1.75. The summed E-state index contributed by atoms with van der Waals surface area (Å²) in [6.07, 6.45) is 2.80. The zero-order valence-electron chi connectivity index (χ0n) is 10.4. The summed E-state index contributed by atoms with van der Waals surface area (Å²) in [5.41, 5.74) is 1.83. The fourth-order valence-corrected chi connectivity index (χ4v) is 2.62. The molecule has 5 nitrogen and oxygen atoms in total. The second kappa shape index (κ2) is 4.17. The molecule has 0 radical (unpaired) electrons. The minimum absolute atomic E-state index is 0.467. The molecule has 0 fully saturated rings. The van der Waals surface area contributed by atoms with Crippen LogP contribution >= 0.6 is 0 Å². The maximum atomic E-state index is 10.7. The van der Waals surface area contributed by atoms with Crippen LogP contribution in [0.5, 0.6) is 0 Å². The molecular weight excluding hydrogens is 228 g/mol. The van der Waals surface area contributed by atoms with Crippen LogP contribution in [-0.4, -0.2) is 30.9 Å². The maximum absolute atomic E-state index is 10.7. The van der Waals surface area contributed by atoms with E-state index in [0.717, 1.165) is 12.8 Å². The number of benzene rings is 1. The van der Waals surface area contributed by atoms with Crippen LogP contribution in [0.2, 0.25) is 0 Å². The first-order valence-corrected chi connectivity index (χ1v) is 6.17. The van der Waals surface area contributed by atoms with E-state index in [9.17, 15) is 5.11 Å². The van der Waals surface area contributed by atoms with E-state index in [1.165, 1.54) is 15.9 Å². The summed E-state index contributed by atoms with van der Waals surface area (Å²) in [6.45, 7) is 0. The number of aryl methyl sites for hydroxylation is 2. The molecule has 1 aliphatic carbocycles. The Morgan fingerprint density at radius 3 is 2.83 bits per heavy atom. The van der Waals surface area contributed by atoms with Crippen molar-refractivity contribution in [2.24, 2.45) is 7.05 Å². The fraction of sp³-hybridized carbons (Fsp3) is 0.462. The number of hydrogen-bond donors (Lipinski definition) is 1. The molecule has 3 rings (SSSR count). The Labute approximate surface area is 105 Å². The van der Waals surface area contributed by atoms with Crippen LogP contribution < -0.4 is 0 Å². The van der Waals surface area contributed by atoms with Gasteiger partial charge < -0.3 is 5.11 Å². The summed E-state index contributed by atoms with van der Waals surface area (Å²) in [4.78, 5) is 1.43. The first-order chi connectivity index (χ1) is 8.65. The molecule has 1 atom stereocenters. The molecule has 1 N–H and O–H groups in total. The lowest BCUT2D eigenvalue weighted by Crippen LogP contribution is -2.38. The molecule has 1 heterocycles. The van der Waals surface area contributed by atoms with E-state index in [4.69, 9.17) is 0 Å². The number of tetrazole rings is 1. The summed E-state index contributed by atoms with van der Waals surface area (Å²) in [6, 6.07) is 8.29. The van der Waals surface area contributed by atoms with Crippen LogP contribution in [0.1, 0.15) is 23.4 Å². The average Bonchev–Trinajstić information content (AvgIpc) is 2.74. The van der Waals surface area contributed by atoms with Crippen LogP contribution in [-0.2, 0) is 26.3 Å². The van der Waals surface area contributed by atoms with E-state index in [2.05, 4.69) is 27.5 Å². The van der Waals surface area contributed by atoms with Gasteiger partial charge in [0.2, 0.25) is 0 Å². The zero-order valence-corrected chi connectivity index (χ0v) is 10.4. The van der Waals surface area contributed by atoms with Gasteiger partial charge in [-0.05, 0) is 29.2 Å². The SMILES string of the molecule is Cn1nnc(CC2(O)CCc3ccccc3C2)n1. The van der Waals surface area contributed by atoms with Crippen molar-refractivity contribution in [2.45, 2.75) is 31.3 Å². The number of nitrogens with zero attached hydrogens (tertiary/aromatic N) is 4. The van der Waals surface area contributed by atoms with Crippen molar-refractivity contribution in [1.82, 2.24) is 20.2 Å². The van der Waals surface area contributed by atoms with E-state index >= 15 is 0 Å². The lowest BCUT2D eigenvalue weighted by molar-refractivity contribution is 0.0248. The number of fused-ring (bicyclic) bond motifs is 1. The predicted octanol–water partition coefficient (Wildman–Crippen LogP) is 0.673. The second-order valence-corrected chi connectivity index (χ2v) is 5.04. The van der Waals surface area contributed by atoms with Crippen LogP contribution in [0.4, 0.5) is 0 Å². The normalized spacial score (nSPS) is 22.8. The molecule has 94 valence electrons. The van der Waals surface area contributed by atoms with Crippen molar-refractivity contribution in [1.29, 1.82) is 0 Å². The predicted molar refractivity (Wildman–Crippen MR) is 65.9 cm³/mol. The van der Waals surface area contributed by atoms with Crippen molar-refractivity contribution in [3.63, 3.8) is 0 Å². The van der Waals surface area contributed by atoms with Gasteiger partial charge in [-0.25, -0.2) is 0 Å². The van der Waals surface area contributed by atoms with Crippen molar-refractivity contribution in [3.8, 4) is 0 Å². The Morgan fingerprint density at radius 1 is 1.33 bits per heavy atom. The minimum atomic E-state index is -0.739. The molecule has 18 heavy (non-hydrogen) atoms. The summed E-state index contributed by atoms with van der Waals surface area (Å²) in [5.74, 6) is 0.611. The molecule has 2 aromatic rings. The van der Waals surface area contributed by atoms with Gasteiger partial charge in [0.1, 0.15) is 0 Å². The second-order valence-electron chi connectivity index (χ2n) is 5.04. The summed E-state index contributed by atoms with van der Waals surface area (Å²) >= 11 is 0. The first-order valence-electron chi connectivity index (χ1n) is 6.17. The van der Waals surface area contributed by atoms with Crippen LogP contribution in [0.25, 0.3) is 0 Å². The van der Waals surface area contributed by atoms with Gasteiger partial charge >= 0.3 is 0 Å². The summed E-state index contributed by atoms with van der Waals surface area (Å²) < 4.78 is 0. The number of aliphatic hydroxyl groups is 1. The third-order valence-corrected chi connectivity index (χ3v) is 3.53. The van der Waals surface area contributed by atoms with Crippen molar-refractivity contribution in [2.75, 3.05) is 0 Å². The maximum Gasteiger partial charge on any atom is 0.177 e. The average molecular weight is 244 g/mol. The molecule has 1 aliphatic rings. The molecule has 0 saturated carbocycles. The monoisotopic (exact) mass is 244 g/mol. The van der Waals surface area contributed by atoms with Gasteiger partial charge in [-0.1, -0.05) is 24.3 Å². The molecule has 1 aromatic carbocycles. The highest BCUT2D eigenvalue weighted by molar-refractivity contribution is 5.31. The van der Waals surface area contributed by atoms with E-state index in [0.29, 0.717) is 18.7 Å². The summed E-state index contributed by atoms with van der Waals surface area (Å²) in [5, 5.41) is 22.6. The molecule has 5 heteroatoms. The van der Waals surface area contributed by atoms with Gasteiger partial charge in [-0.2, -0.15) is 4.80 Å². The molecule has 0 bridgehead atoms. The van der Waals surface area contributed by atoms with Crippen molar-refractivity contribution in [3.05, 3.63) is 41.2 Å². The fourth-order valence-electron chi connectivity index (χ4n) is 2.62. The smallest absolute Gasteiger partial charge is 0.177 e. The number of hydrogen-bond acceptors (Lipinski definition) is 4. The molecular formula is C13H16N4O. The molecule has 0 spiro atoms. The Bertz CT molecular complexity index is 566. The molecule has 1 unspecified atom stereocenters. The Balaban J connectivity index is 1.81. The van der Waals surface area contributed by atoms with E-state index < -0.39 is 5.60 Å². The molecule has 0 amide bonds. The van der Waals surface area contributed by atoms with E-state index in [1.54, 1.807) is 7.05 Å². The topological polar surface area (TPSA) is 63.8 Å². The summed E-state index contributed by atoms with van der Waals surface area (Å²) in [7, 11) is 1.73. The highest BCUT2D eigenvalue weighted by Gasteiger charge is 2.33. The molecule has 0 saturated heterocycles. The molecule has 1 aromatic heterocycles. The number of aromatic nitrogens is 4. The highest BCUT2D eigenvalue weighted by Crippen LogP contribution is 2.30. The van der Waals surface area contributed by atoms with Gasteiger partial charge in [-0.3, -0.25) is 0 Å². The first kappa shape index (κ1) is 11.3. The quantitative estimate of drug-likeness (QED) is 0.843. The largest absolute Gasteiger partial charge is 0.389 e. The van der Waals surface area contributed by atoms with E-state index in [-0.39, 0.29) is 0 Å². The Kier molecular flexibility index (Phi) is 2.63. The van der Waals surface area contributed by atoms with Crippen LogP contribution in [0.3, 0.4) is 0 Å². The molecule has 0 aliphatic heterocycles. The van der Waals surface area contributed by atoms with Gasteiger partial charge in [-0.15, -0.1) is 10.2 Å². The van der Waals surface area contributed by atoms with Crippen LogP contribution in [0.15, 0.2) is 24.3 Å². The van der Waals surface area contributed by atoms with Gasteiger partial charge in [0.05, 0.1) is 12.6 Å². The minimum Gasteiger partial charge on any atom is -0.389 e. The third-order valence-electron chi connectivity index (χ3n) is 3.53. The zero-order chi connectivity index (χ0) is 12.6. The highest BCUT2D eigenvalue weighted by atomic mass is 16.3.